The van der Waals surface area contributed by atoms with Gasteiger partial charge in [-0.25, -0.2) is 4.79 Å². The number of Topliss-reactive ketones (excluding diaryl/α,β-unsaturated/α-hetero) is 1. The van der Waals surface area contributed by atoms with Crippen molar-refractivity contribution in [3.63, 3.8) is 0 Å². The quantitative estimate of drug-likeness (QED) is 0.432. The van der Waals surface area contributed by atoms with Crippen molar-refractivity contribution in [1.82, 2.24) is 0 Å². The fourth-order valence-corrected chi connectivity index (χ4v) is 2.94. The number of thiophene rings is 1. The second-order valence-electron chi connectivity index (χ2n) is 4.24. The molecule has 0 radical (unpaired) electrons. The van der Waals surface area contributed by atoms with E-state index in [0.717, 1.165) is 9.35 Å². The van der Waals surface area contributed by atoms with Gasteiger partial charge in [-0.2, -0.15) is 0 Å². The minimum atomic E-state index is -0.563. The third-order valence-electron chi connectivity index (χ3n) is 2.70. The molecule has 0 amide bonds. The lowest BCUT2D eigenvalue weighted by molar-refractivity contribution is -0.136. The topological polar surface area (TPSA) is 52.6 Å². The van der Waals surface area contributed by atoms with Crippen LogP contribution < -0.4 is 4.74 Å². The van der Waals surface area contributed by atoms with Crippen LogP contribution in [-0.2, 0) is 9.53 Å². The van der Waals surface area contributed by atoms with Gasteiger partial charge in [0, 0.05) is 6.08 Å². The third-order valence-corrected chi connectivity index (χ3v) is 4.36. The normalized spacial score (nSPS) is 10.6. The average molecular weight is 381 g/mol. The van der Waals surface area contributed by atoms with E-state index < -0.39 is 5.97 Å². The Bertz CT molecular complexity index is 706. The van der Waals surface area contributed by atoms with Gasteiger partial charge in [-0.3, -0.25) is 4.79 Å². The zero-order valence-electron chi connectivity index (χ0n) is 11.7. The Morgan fingerprint density at radius 3 is 2.77 bits per heavy atom. The summed E-state index contributed by atoms with van der Waals surface area (Å²) in [5.74, 6) is -0.0837. The minimum Gasteiger partial charge on any atom is -0.497 e. The minimum absolute atomic E-state index is 0.223. The van der Waals surface area contributed by atoms with Crippen LogP contribution in [0.2, 0.25) is 0 Å². The number of methoxy groups -OCH3 is 1. The van der Waals surface area contributed by atoms with E-state index in [1.54, 1.807) is 31.4 Å². The molecule has 114 valence electrons. The molecule has 4 nitrogen and oxygen atoms in total. The summed E-state index contributed by atoms with van der Waals surface area (Å²) in [5, 5.41) is 0. The fraction of sp³-hybridized carbons (Fsp3) is 0.125. The van der Waals surface area contributed by atoms with Gasteiger partial charge in [0.15, 0.2) is 6.61 Å². The van der Waals surface area contributed by atoms with Crippen LogP contribution in [-0.4, -0.2) is 25.5 Å². The first-order chi connectivity index (χ1) is 10.6. The Morgan fingerprint density at radius 1 is 1.27 bits per heavy atom. The summed E-state index contributed by atoms with van der Waals surface area (Å²) in [6.07, 6.45) is 2.89. The second kappa shape index (κ2) is 7.91. The molecule has 0 unspecified atom stereocenters. The molecule has 0 aliphatic carbocycles. The van der Waals surface area contributed by atoms with E-state index in [1.807, 2.05) is 18.2 Å². The van der Waals surface area contributed by atoms with Crippen molar-refractivity contribution < 1.29 is 19.1 Å². The number of halogens is 1. The molecule has 0 spiro atoms. The number of ether oxygens (including phenoxy) is 2. The van der Waals surface area contributed by atoms with Crippen LogP contribution in [0.1, 0.15) is 15.2 Å². The lowest BCUT2D eigenvalue weighted by Gasteiger charge is -2.01. The van der Waals surface area contributed by atoms with Crippen LogP contribution in [0, 0.1) is 0 Å². The summed E-state index contributed by atoms with van der Waals surface area (Å²) in [6.45, 7) is -0.270. The molecule has 0 saturated heterocycles. The van der Waals surface area contributed by atoms with Crippen molar-refractivity contribution in [3.8, 4) is 5.75 Å². The van der Waals surface area contributed by atoms with E-state index in [4.69, 9.17) is 9.47 Å². The zero-order chi connectivity index (χ0) is 15.9. The van der Waals surface area contributed by atoms with Gasteiger partial charge >= 0.3 is 5.97 Å². The number of carbonyl (C=O) groups is 2. The monoisotopic (exact) mass is 380 g/mol. The van der Waals surface area contributed by atoms with Crippen LogP contribution in [0.4, 0.5) is 0 Å². The molecule has 0 aliphatic rings. The maximum atomic E-state index is 11.8. The number of esters is 1. The smallest absolute Gasteiger partial charge is 0.331 e. The molecular weight excluding hydrogens is 368 g/mol. The van der Waals surface area contributed by atoms with E-state index in [0.29, 0.717) is 10.6 Å². The highest BCUT2D eigenvalue weighted by atomic mass is 79.9. The molecule has 0 saturated carbocycles. The molecular formula is C16H13BrO4S. The van der Waals surface area contributed by atoms with Gasteiger partial charge in [0.2, 0.25) is 5.78 Å². The van der Waals surface area contributed by atoms with E-state index >= 15 is 0 Å². The molecule has 0 fully saturated rings. The highest BCUT2D eigenvalue weighted by Gasteiger charge is 2.10. The van der Waals surface area contributed by atoms with Gasteiger partial charge in [0.25, 0.3) is 0 Å². The number of benzene rings is 1. The Labute approximate surface area is 140 Å². The molecule has 0 bridgehead atoms. The lowest BCUT2D eigenvalue weighted by atomic mass is 10.2. The molecule has 0 N–H and O–H groups in total. The van der Waals surface area contributed by atoms with E-state index in [2.05, 4.69) is 15.9 Å². The number of hydrogen-bond acceptors (Lipinski definition) is 5. The number of carbonyl (C=O) groups excluding carboxylic acids is 2. The van der Waals surface area contributed by atoms with Crippen molar-refractivity contribution in [3.05, 3.63) is 56.7 Å². The summed E-state index contributed by atoms with van der Waals surface area (Å²) < 4.78 is 10.9. The maximum absolute atomic E-state index is 11.8. The van der Waals surface area contributed by atoms with Crippen molar-refractivity contribution >= 4 is 45.1 Å². The van der Waals surface area contributed by atoms with Crippen molar-refractivity contribution in [2.75, 3.05) is 13.7 Å². The summed E-state index contributed by atoms with van der Waals surface area (Å²) in [5.41, 5.74) is 0.810. The highest BCUT2D eigenvalue weighted by molar-refractivity contribution is 9.11. The first-order valence-corrected chi connectivity index (χ1v) is 7.97. The van der Waals surface area contributed by atoms with Gasteiger partial charge < -0.3 is 9.47 Å². The highest BCUT2D eigenvalue weighted by Crippen LogP contribution is 2.22. The lowest BCUT2D eigenvalue weighted by Crippen LogP contribution is -2.11. The van der Waals surface area contributed by atoms with Crippen LogP contribution in [0.3, 0.4) is 0 Å². The molecule has 0 aliphatic heterocycles. The summed E-state index contributed by atoms with van der Waals surface area (Å²) >= 11 is 4.59. The predicted octanol–water partition coefficient (Wildman–Crippen LogP) is 3.96. The molecule has 1 aromatic heterocycles. The Hall–Kier alpha value is -1.92. The largest absolute Gasteiger partial charge is 0.497 e. The van der Waals surface area contributed by atoms with Crippen LogP contribution in [0.15, 0.2) is 46.3 Å². The van der Waals surface area contributed by atoms with Crippen molar-refractivity contribution in [2.24, 2.45) is 0 Å². The van der Waals surface area contributed by atoms with Gasteiger partial charge in [0.1, 0.15) is 5.75 Å². The van der Waals surface area contributed by atoms with Gasteiger partial charge in [0.05, 0.1) is 15.8 Å². The predicted molar refractivity (Wildman–Crippen MR) is 89.3 cm³/mol. The number of rotatable bonds is 6. The molecule has 1 heterocycles. The van der Waals surface area contributed by atoms with Gasteiger partial charge in [-0.1, -0.05) is 12.1 Å². The van der Waals surface area contributed by atoms with E-state index in [-0.39, 0.29) is 12.4 Å². The standard InChI is InChI=1S/C16H13BrO4S/c1-20-12-4-2-3-11(9-12)5-8-16(19)21-10-13(18)14-6-7-15(17)22-14/h2-9H,10H2,1H3/b8-5+. The number of hydrogen-bond donors (Lipinski definition) is 0. The van der Waals surface area contributed by atoms with Crippen LogP contribution in [0.25, 0.3) is 6.08 Å². The van der Waals surface area contributed by atoms with Crippen molar-refractivity contribution in [2.45, 2.75) is 0 Å². The van der Waals surface area contributed by atoms with E-state index in [9.17, 15) is 9.59 Å². The number of ketones is 1. The summed E-state index contributed by atoms with van der Waals surface area (Å²) in [4.78, 5) is 24.0. The molecule has 1 aromatic carbocycles. The molecule has 6 heteroatoms. The van der Waals surface area contributed by atoms with Gasteiger partial charge in [-0.05, 0) is 51.8 Å². The third kappa shape index (κ3) is 4.82. The Morgan fingerprint density at radius 2 is 2.09 bits per heavy atom. The maximum Gasteiger partial charge on any atom is 0.331 e. The molecule has 2 rings (SSSR count). The fourth-order valence-electron chi connectivity index (χ4n) is 1.63. The second-order valence-corrected chi connectivity index (χ2v) is 6.71. The summed E-state index contributed by atoms with van der Waals surface area (Å²) in [6, 6.07) is 10.7. The molecule has 0 atom stereocenters. The Kier molecular flexibility index (Phi) is 5.91. The first-order valence-electron chi connectivity index (χ1n) is 6.36. The SMILES string of the molecule is COc1cccc(/C=C/C(=O)OCC(=O)c2ccc(Br)s2)c1. The molecule has 22 heavy (non-hydrogen) atoms. The van der Waals surface area contributed by atoms with Gasteiger partial charge in [-0.15, -0.1) is 11.3 Å². The summed E-state index contributed by atoms with van der Waals surface area (Å²) in [7, 11) is 1.58. The molecule has 2 aromatic rings. The average Bonchev–Trinajstić information content (AvgIpc) is 2.97. The van der Waals surface area contributed by atoms with Crippen molar-refractivity contribution in [1.29, 1.82) is 0 Å². The zero-order valence-corrected chi connectivity index (χ0v) is 14.1. The first kappa shape index (κ1) is 16.5. The van der Waals surface area contributed by atoms with E-state index in [1.165, 1.54) is 17.4 Å². The Balaban J connectivity index is 1.87. The van der Waals surface area contributed by atoms with Crippen LogP contribution >= 0.6 is 27.3 Å². The van der Waals surface area contributed by atoms with Crippen LogP contribution in [0.5, 0.6) is 5.75 Å².